The zero-order chi connectivity index (χ0) is 9.10. The lowest BCUT2D eigenvalue weighted by Gasteiger charge is -1.95. The van der Waals surface area contributed by atoms with Gasteiger partial charge in [-0.3, -0.25) is 0 Å². The summed E-state index contributed by atoms with van der Waals surface area (Å²) in [7, 11) is 0. The molecule has 0 saturated carbocycles. The normalized spacial score (nSPS) is 10.5. The fraction of sp³-hybridized carbons (Fsp3) is 0.222. The Morgan fingerprint density at radius 2 is 2.23 bits per heavy atom. The number of nitrogens with two attached hydrogens (primary N) is 1. The summed E-state index contributed by atoms with van der Waals surface area (Å²) >= 11 is 1.55. The summed E-state index contributed by atoms with van der Waals surface area (Å²) in [5, 5.41) is 0.701. The maximum atomic E-state index is 5.32. The largest absolute Gasteiger partial charge is 0.469 e. The van der Waals surface area contributed by atoms with E-state index in [2.05, 4.69) is 4.98 Å². The molecule has 1 aromatic heterocycles. The number of fused-ring (bicyclic) bond motifs is 1. The van der Waals surface area contributed by atoms with Crippen LogP contribution in [0.1, 0.15) is 0 Å². The Balaban J connectivity index is 2.28. The molecule has 68 valence electrons. The van der Waals surface area contributed by atoms with Gasteiger partial charge in [-0.25, -0.2) is 4.98 Å². The molecule has 2 rings (SSSR count). The number of thiazole rings is 1. The summed E-state index contributed by atoms with van der Waals surface area (Å²) in [5.74, 6) is 0. The van der Waals surface area contributed by atoms with Gasteiger partial charge in [0.15, 0.2) is 0 Å². The molecule has 0 radical (unpaired) electrons. The summed E-state index contributed by atoms with van der Waals surface area (Å²) < 4.78 is 6.47. The van der Waals surface area contributed by atoms with Gasteiger partial charge in [-0.05, 0) is 12.1 Å². The van der Waals surface area contributed by atoms with Gasteiger partial charge in [0.25, 0.3) is 5.19 Å². The minimum atomic E-state index is 0.524. The zero-order valence-electron chi connectivity index (χ0n) is 7.06. The molecule has 3 nitrogen and oxygen atoms in total. The summed E-state index contributed by atoms with van der Waals surface area (Å²) in [6, 6.07) is 7.96. The third kappa shape index (κ3) is 1.79. The van der Waals surface area contributed by atoms with Crippen molar-refractivity contribution in [1.82, 2.24) is 4.98 Å². The molecular formula is C9H10N2OS. The van der Waals surface area contributed by atoms with Gasteiger partial charge in [0.05, 0.1) is 10.2 Å². The molecular weight excluding hydrogens is 184 g/mol. The van der Waals surface area contributed by atoms with E-state index in [0.29, 0.717) is 18.3 Å². The maximum absolute atomic E-state index is 5.32. The average molecular weight is 194 g/mol. The maximum Gasteiger partial charge on any atom is 0.274 e. The Kier molecular flexibility index (Phi) is 2.42. The minimum absolute atomic E-state index is 0.524. The fourth-order valence-corrected chi connectivity index (χ4v) is 1.90. The summed E-state index contributed by atoms with van der Waals surface area (Å²) in [6.45, 7) is 1.05. The van der Waals surface area contributed by atoms with Gasteiger partial charge in [0.2, 0.25) is 0 Å². The monoisotopic (exact) mass is 194 g/mol. The van der Waals surface area contributed by atoms with Crippen molar-refractivity contribution >= 4 is 21.6 Å². The van der Waals surface area contributed by atoms with Crippen molar-refractivity contribution in [3.8, 4) is 5.19 Å². The smallest absolute Gasteiger partial charge is 0.274 e. The van der Waals surface area contributed by atoms with E-state index in [4.69, 9.17) is 10.5 Å². The van der Waals surface area contributed by atoms with Crippen LogP contribution < -0.4 is 10.5 Å². The van der Waals surface area contributed by atoms with Crippen LogP contribution in [0.5, 0.6) is 5.19 Å². The molecule has 0 aliphatic carbocycles. The standard InChI is InChI=1S/C9H10N2OS/c10-5-6-12-9-11-7-3-1-2-4-8(7)13-9/h1-4H,5-6,10H2. The predicted molar refractivity (Wildman–Crippen MR) is 54.2 cm³/mol. The van der Waals surface area contributed by atoms with Crippen LogP contribution in [0.15, 0.2) is 24.3 Å². The molecule has 0 spiro atoms. The van der Waals surface area contributed by atoms with Crippen LogP contribution >= 0.6 is 11.3 Å². The minimum Gasteiger partial charge on any atom is -0.469 e. The summed E-state index contributed by atoms with van der Waals surface area (Å²) in [6.07, 6.45) is 0. The molecule has 0 amide bonds. The molecule has 0 saturated heterocycles. The third-order valence-electron chi connectivity index (χ3n) is 1.62. The second-order valence-corrected chi connectivity index (χ2v) is 3.58. The van der Waals surface area contributed by atoms with Gasteiger partial charge in [-0.15, -0.1) is 0 Å². The van der Waals surface area contributed by atoms with E-state index in [1.54, 1.807) is 11.3 Å². The van der Waals surface area contributed by atoms with Crippen molar-refractivity contribution in [2.24, 2.45) is 5.73 Å². The third-order valence-corrected chi connectivity index (χ3v) is 2.57. The molecule has 2 aromatic rings. The van der Waals surface area contributed by atoms with Gasteiger partial charge < -0.3 is 10.5 Å². The van der Waals surface area contributed by atoms with Crippen LogP contribution in [0.2, 0.25) is 0 Å². The van der Waals surface area contributed by atoms with Gasteiger partial charge in [-0.2, -0.15) is 0 Å². The number of hydrogen-bond donors (Lipinski definition) is 1. The number of benzene rings is 1. The second-order valence-electron chi connectivity index (χ2n) is 2.58. The van der Waals surface area contributed by atoms with E-state index < -0.39 is 0 Å². The van der Waals surface area contributed by atoms with Crippen molar-refractivity contribution in [2.75, 3.05) is 13.2 Å². The quantitative estimate of drug-likeness (QED) is 0.808. The van der Waals surface area contributed by atoms with Crippen molar-refractivity contribution < 1.29 is 4.74 Å². The predicted octanol–water partition coefficient (Wildman–Crippen LogP) is 1.63. The molecule has 0 bridgehead atoms. The Morgan fingerprint density at radius 1 is 1.38 bits per heavy atom. The second kappa shape index (κ2) is 3.72. The van der Waals surface area contributed by atoms with Crippen LogP contribution in [-0.4, -0.2) is 18.1 Å². The topological polar surface area (TPSA) is 48.1 Å². The van der Waals surface area contributed by atoms with Crippen LogP contribution in [0, 0.1) is 0 Å². The first kappa shape index (κ1) is 8.47. The number of ether oxygens (including phenoxy) is 1. The first-order valence-corrected chi connectivity index (χ1v) is 4.90. The summed E-state index contributed by atoms with van der Waals surface area (Å²) in [4.78, 5) is 4.29. The Hall–Kier alpha value is -1.13. The Bertz CT molecular complexity index is 366. The van der Waals surface area contributed by atoms with Gasteiger partial charge >= 0.3 is 0 Å². The van der Waals surface area contributed by atoms with Gasteiger partial charge in [-0.1, -0.05) is 23.5 Å². The average Bonchev–Trinajstić information content (AvgIpc) is 2.57. The lowest BCUT2D eigenvalue weighted by atomic mass is 10.3. The summed E-state index contributed by atoms with van der Waals surface area (Å²) in [5.41, 5.74) is 6.31. The first-order chi connectivity index (χ1) is 6.40. The fourth-order valence-electron chi connectivity index (χ4n) is 1.06. The van der Waals surface area contributed by atoms with Crippen molar-refractivity contribution in [1.29, 1.82) is 0 Å². The highest BCUT2D eigenvalue weighted by Crippen LogP contribution is 2.26. The lowest BCUT2D eigenvalue weighted by molar-refractivity contribution is 0.327. The Labute approximate surface area is 80.2 Å². The lowest BCUT2D eigenvalue weighted by Crippen LogP contribution is -2.10. The van der Waals surface area contributed by atoms with Crippen LogP contribution in [0.25, 0.3) is 10.2 Å². The molecule has 0 aliphatic rings. The van der Waals surface area contributed by atoms with Crippen LogP contribution in [0.4, 0.5) is 0 Å². The van der Waals surface area contributed by atoms with Gasteiger partial charge in [0.1, 0.15) is 6.61 Å². The number of nitrogens with zero attached hydrogens (tertiary/aromatic N) is 1. The SMILES string of the molecule is NCCOc1nc2ccccc2s1. The molecule has 1 aromatic carbocycles. The van der Waals surface area contributed by atoms with Crippen LogP contribution in [0.3, 0.4) is 0 Å². The number of hydrogen-bond acceptors (Lipinski definition) is 4. The van der Waals surface area contributed by atoms with Crippen LogP contribution in [-0.2, 0) is 0 Å². The van der Waals surface area contributed by atoms with Crippen molar-refractivity contribution in [2.45, 2.75) is 0 Å². The molecule has 13 heavy (non-hydrogen) atoms. The Morgan fingerprint density at radius 3 is 3.00 bits per heavy atom. The molecule has 0 aliphatic heterocycles. The molecule has 2 N–H and O–H groups in total. The van der Waals surface area contributed by atoms with E-state index >= 15 is 0 Å². The number of aromatic nitrogens is 1. The number of rotatable bonds is 3. The molecule has 1 heterocycles. The molecule has 0 atom stereocenters. The van der Waals surface area contributed by atoms with E-state index in [1.165, 1.54) is 0 Å². The van der Waals surface area contributed by atoms with Crippen molar-refractivity contribution in [3.63, 3.8) is 0 Å². The van der Waals surface area contributed by atoms with E-state index in [-0.39, 0.29) is 0 Å². The van der Waals surface area contributed by atoms with E-state index in [0.717, 1.165) is 10.2 Å². The highest BCUT2D eigenvalue weighted by molar-refractivity contribution is 7.20. The molecule has 0 unspecified atom stereocenters. The van der Waals surface area contributed by atoms with Gasteiger partial charge in [0, 0.05) is 6.54 Å². The number of para-hydroxylation sites is 1. The molecule has 0 fully saturated rings. The van der Waals surface area contributed by atoms with Crippen molar-refractivity contribution in [3.05, 3.63) is 24.3 Å². The highest BCUT2D eigenvalue weighted by Gasteiger charge is 2.02. The zero-order valence-corrected chi connectivity index (χ0v) is 7.88. The first-order valence-electron chi connectivity index (χ1n) is 4.08. The van der Waals surface area contributed by atoms with E-state index in [1.807, 2.05) is 24.3 Å². The highest BCUT2D eigenvalue weighted by atomic mass is 32.1. The van der Waals surface area contributed by atoms with E-state index in [9.17, 15) is 0 Å². The molecule has 4 heteroatoms.